The van der Waals surface area contributed by atoms with E-state index in [9.17, 15) is 0 Å². The Balaban J connectivity index is 1.92. The van der Waals surface area contributed by atoms with Crippen LogP contribution in [0.5, 0.6) is 0 Å². The van der Waals surface area contributed by atoms with Crippen LogP contribution >= 0.6 is 0 Å². The molecule has 1 fully saturated rings. The Labute approximate surface area is 97.1 Å². The van der Waals surface area contributed by atoms with Crippen LogP contribution in [0.25, 0.3) is 0 Å². The second-order valence-electron chi connectivity index (χ2n) is 4.63. The summed E-state index contributed by atoms with van der Waals surface area (Å²) >= 11 is 0. The molecular weight excluding hydrogens is 200 g/mol. The molecule has 0 radical (unpaired) electrons. The number of anilines is 1. The summed E-state index contributed by atoms with van der Waals surface area (Å²) in [6.07, 6.45) is 6.33. The zero-order valence-electron chi connectivity index (χ0n) is 10.1. The summed E-state index contributed by atoms with van der Waals surface area (Å²) in [5, 5.41) is 2.98. The lowest BCUT2D eigenvalue weighted by atomic mass is 10.0. The van der Waals surface area contributed by atoms with Gasteiger partial charge in [0.1, 0.15) is 5.82 Å². The number of nitrogens with one attached hydrogen (secondary N) is 1. The number of nitrogens with zero attached hydrogens (tertiary/aromatic N) is 3. The molecule has 2 heterocycles. The van der Waals surface area contributed by atoms with Crippen LogP contribution in [0.1, 0.15) is 25.5 Å². The summed E-state index contributed by atoms with van der Waals surface area (Å²) in [5.41, 5.74) is 1.06. The van der Waals surface area contributed by atoms with Gasteiger partial charge in [-0.15, -0.1) is 0 Å². The molecule has 1 unspecified atom stereocenters. The molecule has 0 spiro atoms. The Hall–Kier alpha value is -1.16. The molecule has 4 heteroatoms. The summed E-state index contributed by atoms with van der Waals surface area (Å²) in [6, 6.07) is 0. The molecule has 1 N–H and O–H groups in total. The summed E-state index contributed by atoms with van der Waals surface area (Å²) in [4.78, 5) is 11.2. The third-order valence-corrected chi connectivity index (χ3v) is 3.09. The number of hydrogen-bond donors (Lipinski definition) is 1. The highest BCUT2D eigenvalue weighted by atomic mass is 15.1. The Morgan fingerprint density at radius 1 is 1.44 bits per heavy atom. The molecule has 16 heavy (non-hydrogen) atoms. The SMILES string of the molecule is CNc1cnc(CN2CCCC(C)C2)cn1. The third kappa shape index (κ3) is 2.92. The van der Waals surface area contributed by atoms with Gasteiger partial charge >= 0.3 is 0 Å². The first-order valence-corrected chi connectivity index (χ1v) is 5.99. The zero-order chi connectivity index (χ0) is 11.4. The van der Waals surface area contributed by atoms with E-state index < -0.39 is 0 Å². The molecule has 0 aliphatic carbocycles. The van der Waals surface area contributed by atoms with Crippen molar-refractivity contribution in [2.45, 2.75) is 26.3 Å². The van der Waals surface area contributed by atoms with Crippen molar-refractivity contribution >= 4 is 5.82 Å². The van der Waals surface area contributed by atoms with Crippen LogP contribution in [-0.2, 0) is 6.54 Å². The predicted octanol–water partition coefficient (Wildman–Crippen LogP) is 1.75. The Morgan fingerprint density at radius 3 is 2.94 bits per heavy atom. The van der Waals surface area contributed by atoms with E-state index in [4.69, 9.17) is 0 Å². The van der Waals surface area contributed by atoms with Gasteiger partial charge in [0.15, 0.2) is 0 Å². The number of aromatic nitrogens is 2. The van der Waals surface area contributed by atoms with E-state index in [1.54, 1.807) is 6.20 Å². The second kappa shape index (κ2) is 5.25. The van der Waals surface area contributed by atoms with Crippen molar-refractivity contribution in [1.82, 2.24) is 14.9 Å². The molecule has 0 saturated carbocycles. The maximum absolute atomic E-state index is 4.40. The molecule has 0 bridgehead atoms. The average molecular weight is 220 g/mol. The van der Waals surface area contributed by atoms with Gasteiger partial charge in [0.2, 0.25) is 0 Å². The fraction of sp³-hybridized carbons (Fsp3) is 0.667. The van der Waals surface area contributed by atoms with Gasteiger partial charge in [-0.2, -0.15) is 0 Å². The van der Waals surface area contributed by atoms with Crippen LogP contribution in [0, 0.1) is 5.92 Å². The lowest BCUT2D eigenvalue weighted by molar-refractivity contribution is 0.174. The first kappa shape index (κ1) is 11.3. The quantitative estimate of drug-likeness (QED) is 0.842. The van der Waals surface area contributed by atoms with Crippen molar-refractivity contribution in [3.8, 4) is 0 Å². The van der Waals surface area contributed by atoms with Gasteiger partial charge in [-0.3, -0.25) is 9.88 Å². The highest BCUT2D eigenvalue weighted by molar-refractivity contribution is 5.29. The van der Waals surface area contributed by atoms with Crippen LogP contribution < -0.4 is 5.32 Å². The lowest BCUT2D eigenvalue weighted by Crippen LogP contribution is -2.34. The van der Waals surface area contributed by atoms with E-state index in [1.807, 2.05) is 13.2 Å². The molecule has 1 aromatic heterocycles. The molecule has 0 aromatic carbocycles. The minimum Gasteiger partial charge on any atom is -0.372 e. The third-order valence-electron chi connectivity index (χ3n) is 3.09. The molecule has 2 rings (SSSR count). The largest absolute Gasteiger partial charge is 0.372 e. The van der Waals surface area contributed by atoms with Gasteiger partial charge in [0, 0.05) is 20.1 Å². The molecule has 1 aliphatic rings. The van der Waals surface area contributed by atoms with E-state index in [-0.39, 0.29) is 0 Å². The normalized spacial score (nSPS) is 22.0. The van der Waals surface area contributed by atoms with E-state index in [2.05, 4.69) is 27.1 Å². The fourth-order valence-electron chi connectivity index (χ4n) is 2.22. The van der Waals surface area contributed by atoms with E-state index >= 15 is 0 Å². The predicted molar refractivity (Wildman–Crippen MR) is 65.3 cm³/mol. The van der Waals surface area contributed by atoms with Gasteiger partial charge < -0.3 is 5.32 Å². The first-order valence-electron chi connectivity index (χ1n) is 5.99. The van der Waals surface area contributed by atoms with Crippen LogP contribution in [0.4, 0.5) is 5.82 Å². The Bertz CT molecular complexity index is 322. The topological polar surface area (TPSA) is 41.1 Å². The van der Waals surface area contributed by atoms with Crippen LogP contribution in [0.15, 0.2) is 12.4 Å². The maximum atomic E-state index is 4.40. The van der Waals surface area contributed by atoms with E-state index in [1.165, 1.54) is 25.9 Å². The van der Waals surface area contributed by atoms with Crippen molar-refractivity contribution in [2.75, 3.05) is 25.5 Å². The summed E-state index contributed by atoms with van der Waals surface area (Å²) in [7, 11) is 1.86. The Kier molecular flexibility index (Phi) is 3.72. The molecule has 1 aliphatic heterocycles. The molecule has 1 atom stereocenters. The van der Waals surface area contributed by atoms with Crippen molar-refractivity contribution in [1.29, 1.82) is 0 Å². The van der Waals surface area contributed by atoms with Crippen LogP contribution in [-0.4, -0.2) is 35.0 Å². The standard InChI is InChI=1S/C12H20N4/c1-10-4-3-5-16(8-10)9-11-6-15-12(13-2)7-14-11/h6-7,10H,3-5,8-9H2,1-2H3,(H,13,15). The van der Waals surface area contributed by atoms with E-state index in [0.29, 0.717) is 0 Å². The fourth-order valence-corrected chi connectivity index (χ4v) is 2.22. The minimum atomic E-state index is 0.818. The van der Waals surface area contributed by atoms with Crippen molar-refractivity contribution < 1.29 is 0 Å². The molecule has 0 amide bonds. The van der Waals surface area contributed by atoms with Crippen molar-refractivity contribution in [2.24, 2.45) is 5.92 Å². The summed E-state index contributed by atoms with van der Waals surface area (Å²) in [5.74, 6) is 1.65. The average Bonchev–Trinajstić information content (AvgIpc) is 2.30. The zero-order valence-corrected chi connectivity index (χ0v) is 10.1. The molecule has 1 saturated heterocycles. The minimum absolute atomic E-state index is 0.818. The van der Waals surface area contributed by atoms with Crippen molar-refractivity contribution in [3.05, 3.63) is 18.1 Å². The molecule has 88 valence electrons. The summed E-state index contributed by atoms with van der Waals surface area (Å²) in [6.45, 7) is 5.64. The van der Waals surface area contributed by atoms with Gasteiger partial charge in [0.05, 0.1) is 18.1 Å². The second-order valence-corrected chi connectivity index (χ2v) is 4.63. The molecular formula is C12H20N4. The smallest absolute Gasteiger partial charge is 0.144 e. The highest BCUT2D eigenvalue weighted by Crippen LogP contribution is 2.17. The molecule has 4 nitrogen and oxygen atoms in total. The number of rotatable bonds is 3. The number of likely N-dealkylation sites (tertiary alicyclic amines) is 1. The van der Waals surface area contributed by atoms with Crippen LogP contribution in [0.2, 0.25) is 0 Å². The van der Waals surface area contributed by atoms with Gasteiger partial charge in [-0.05, 0) is 25.3 Å². The number of piperidine rings is 1. The van der Waals surface area contributed by atoms with E-state index in [0.717, 1.165) is 24.0 Å². The Morgan fingerprint density at radius 2 is 2.31 bits per heavy atom. The van der Waals surface area contributed by atoms with Gasteiger partial charge in [-0.1, -0.05) is 6.92 Å². The summed E-state index contributed by atoms with van der Waals surface area (Å²) < 4.78 is 0. The monoisotopic (exact) mass is 220 g/mol. The van der Waals surface area contributed by atoms with Crippen LogP contribution in [0.3, 0.4) is 0 Å². The van der Waals surface area contributed by atoms with Gasteiger partial charge in [0.25, 0.3) is 0 Å². The first-order chi connectivity index (χ1) is 7.78. The van der Waals surface area contributed by atoms with Gasteiger partial charge in [-0.25, -0.2) is 4.98 Å². The van der Waals surface area contributed by atoms with Crippen molar-refractivity contribution in [3.63, 3.8) is 0 Å². The molecule has 1 aromatic rings. The number of hydrogen-bond acceptors (Lipinski definition) is 4. The lowest BCUT2D eigenvalue weighted by Gasteiger charge is -2.30. The highest BCUT2D eigenvalue weighted by Gasteiger charge is 2.16. The maximum Gasteiger partial charge on any atom is 0.144 e.